The minimum atomic E-state index is -0.665. The minimum absolute atomic E-state index is 0.0451. The molecule has 0 saturated carbocycles. The molecule has 1 fully saturated rings. The molecule has 0 bridgehead atoms. The standard InChI is InChI=1S/C24H29F2N3O2/c1-14-22-18(6-8-29(14)13-15-7-9-31-24(2,3)12-15)19(11-21(28-22)23(27)30)17-5-4-16(25)10-20(17)26/h4-5,10-11,14-15H,6-9,12-13H2,1-3H3,(H2,27,30). The van der Waals surface area contributed by atoms with Gasteiger partial charge in [0.15, 0.2) is 0 Å². The van der Waals surface area contributed by atoms with Crippen molar-refractivity contribution in [1.29, 1.82) is 0 Å². The number of hydrogen-bond donors (Lipinski definition) is 1. The Kier molecular flexibility index (Phi) is 5.83. The van der Waals surface area contributed by atoms with E-state index in [1.165, 1.54) is 18.2 Å². The Labute approximate surface area is 181 Å². The molecule has 4 rings (SSSR count). The molecule has 2 aliphatic heterocycles. The second kappa shape index (κ2) is 8.28. The van der Waals surface area contributed by atoms with Gasteiger partial charge in [-0.3, -0.25) is 9.69 Å². The zero-order valence-corrected chi connectivity index (χ0v) is 18.3. The summed E-state index contributed by atoms with van der Waals surface area (Å²) in [5, 5.41) is 0. The van der Waals surface area contributed by atoms with E-state index in [-0.39, 0.29) is 22.9 Å². The van der Waals surface area contributed by atoms with Crippen LogP contribution in [0.3, 0.4) is 0 Å². The van der Waals surface area contributed by atoms with E-state index in [0.29, 0.717) is 17.9 Å². The lowest BCUT2D eigenvalue weighted by Gasteiger charge is -2.41. The second-order valence-electron chi connectivity index (χ2n) is 9.30. The Morgan fingerprint density at radius 3 is 2.74 bits per heavy atom. The van der Waals surface area contributed by atoms with Crippen LogP contribution in [-0.4, -0.2) is 41.1 Å². The molecule has 5 nitrogen and oxygen atoms in total. The molecule has 3 heterocycles. The lowest BCUT2D eigenvalue weighted by Crippen LogP contribution is -2.43. The molecule has 2 aromatic rings. The number of nitrogens with zero attached hydrogens (tertiary/aromatic N) is 2. The van der Waals surface area contributed by atoms with Crippen molar-refractivity contribution in [2.45, 2.75) is 51.7 Å². The van der Waals surface area contributed by atoms with Crippen LogP contribution in [0.25, 0.3) is 11.1 Å². The summed E-state index contributed by atoms with van der Waals surface area (Å²) < 4.78 is 33.9. The number of pyridine rings is 1. The molecule has 1 saturated heterocycles. The van der Waals surface area contributed by atoms with E-state index >= 15 is 0 Å². The van der Waals surface area contributed by atoms with Crippen LogP contribution in [-0.2, 0) is 11.2 Å². The molecule has 7 heteroatoms. The molecule has 2 N–H and O–H groups in total. The van der Waals surface area contributed by atoms with Crippen LogP contribution in [0.4, 0.5) is 8.78 Å². The van der Waals surface area contributed by atoms with E-state index in [4.69, 9.17) is 10.5 Å². The largest absolute Gasteiger partial charge is 0.376 e. The zero-order valence-electron chi connectivity index (χ0n) is 18.3. The summed E-state index contributed by atoms with van der Waals surface area (Å²) in [7, 11) is 0. The molecular formula is C24H29F2N3O2. The molecule has 2 unspecified atom stereocenters. The third-order valence-electron chi connectivity index (χ3n) is 6.51. The molecular weight excluding hydrogens is 400 g/mol. The molecule has 1 aromatic heterocycles. The van der Waals surface area contributed by atoms with Gasteiger partial charge in [0.05, 0.1) is 11.3 Å². The Morgan fingerprint density at radius 1 is 1.29 bits per heavy atom. The van der Waals surface area contributed by atoms with Crippen molar-refractivity contribution < 1.29 is 18.3 Å². The first-order valence-electron chi connectivity index (χ1n) is 10.8. The summed E-state index contributed by atoms with van der Waals surface area (Å²) in [6.07, 6.45) is 2.68. The highest BCUT2D eigenvalue weighted by Gasteiger charge is 2.34. The maximum Gasteiger partial charge on any atom is 0.267 e. The van der Waals surface area contributed by atoms with E-state index in [2.05, 4.69) is 30.7 Å². The van der Waals surface area contributed by atoms with Crippen LogP contribution in [0.5, 0.6) is 0 Å². The van der Waals surface area contributed by atoms with Gasteiger partial charge < -0.3 is 10.5 Å². The monoisotopic (exact) mass is 429 g/mol. The Hall–Kier alpha value is -2.38. The number of carbonyl (C=O) groups is 1. The third-order valence-corrected chi connectivity index (χ3v) is 6.51. The molecule has 0 aliphatic carbocycles. The number of benzene rings is 1. The molecule has 0 radical (unpaired) electrons. The number of amides is 1. The fourth-order valence-electron chi connectivity index (χ4n) is 4.99. The Morgan fingerprint density at radius 2 is 2.06 bits per heavy atom. The highest BCUT2D eigenvalue weighted by molar-refractivity contribution is 5.92. The number of hydrogen-bond acceptors (Lipinski definition) is 4. The number of ether oxygens (including phenoxy) is 1. The zero-order chi connectivity index (χ0) is 22.3. The second-order valence-corrected chi connectivity index (χ2v) is 9.30. The maximum atomic E-state index is 14.6. The van der Waals surface area contributed by atoms with Gasteiger partial charge in [0.25, 0.3) is 5.91 Å². The quantitative estimate of drug-likeness (QED) is 0.789. The summed E-state index contributed by atoms with van der Waals surface area (Å²) in [5.74, 6) is -1.45. The van der Waals surface area contributed by atoms with Crippen LogP contribution in [0.1, 0.15) is 61.4 Å². The maximum absolute atomic E-state index is 14.6. The summed E-state index contributed by atoms with van der Waals surface area (Å²) in [6.45, 7) is 8.78. The fraction of sp³-hybridized carbons (Fsp3) is 0.500. The van der Waals surface area contributed by atoms with Gasteiger partial charge in [0, 0.05) is 37.4 Å². The number of carbonyl (C=O) groups excluding carboxylic acids is 1. The van der Waals surface area contributed by atoms with Crippen molar-refractivity contribution in [3.8, 4) is 11.1 Å². The number of fused-ring (bicyclic) bond motifs is 1. The molecule has 1 aromatic carbocycles. The molecule has 2 aliphatic rings. The summed E-state index contributed by atoms with van der Waals surface area (Å²) >= 11 is 0. The number of nitrogens with two attached hydrogens (primary N) is 1. The number of rotatable bonds is 4. The van der Waals surface area contributed by atoms with Crippen molar-refractivity contribution in [3.05, 3.63) is 52.9 Å². The van der Waals surface area contributed by atoms with Crippen molar-refractivity contribution in [2.24, 2.45) is 11.7 Å². The highest BCUT2D eigenvalue weighted by atomic mass is 19.1. The van der Waals surface area contributed by atoms with Gasteiger partial charge in [-0.25, -0.2) is 13.8 Å². The summed E-state index contributed by atoms with van der Waals surface area (Å²) in [6, 6.07) is 4.97. The normalized spacial score (nSPS) is 23.4. The van der Waals surface area contributed by atoms with Crippen LogP contribution in [0.2, 0.25) is 0 Å². The van der Waals surface area contributed by atoms with Crippen LogP contribution >= 0.6 is 0 Å². The van der Waals surface area contributed by atoms with E-state index in [9.17, 15) is 13.6 Å². The summed E-state index contributed by atoms with van der Waals surface area (Å²) in [4.78, 5) is 18.9. The first-order valence-corrected chi connectivity index (χ1v) is 10.8. The first kappa shape index (κ1) is 21.8. The van der Waals surface area contributed by atoms with Crippen molar-refractivity contribution in [3.63, 3.8) is 0 Å². The fourth-order valence-corrected chi connectivity index (χ4v) is 4.99. The smallest absolute Gasteiger partial charge is 0.267 e. The van der Waals surface area contributed by atoms with Gasteiger partial charge in [-0.2, -0.15) is 0 Å². The predicted octanol–water partition coefficient (Wildman–Crippen LogP) is 4.25. The third kappa shape index (κ3) is 4.48. The van der Waals surface area contributed by atoms with E-state index in [0.717, 1.165) is 49.9 Å². The first-order chi connectivity index (χ1) is 14.6. The number of aromatic nitrogens is 1. The highest BCUT2D eigenvalue weighted by Crippen LogP contribution is 2.38. The van der Waals surface area contributed by atoms with Gasteiger partial charge >= 0.3 is 0 Å². The van der Waals surface area contributed by atoms with Crippen molar-refractivity contribution in [1.82, 2.24) is 9.88 Å². The van der Waals surface area contributed by atoms with Crippen LogP contribution < -0.4 is 5.73 Å². The predicted molar refractivity (Wildman–Crippen MR) is 115 cm³/mol. The lowest BCUT2D eigenvalue weighted by molar-refractivity contribution is -0.0785. The van der Waals surface area contributed by atoms with E-state index in [1.54, 1.807) is 0 Å². The van der Waals surface area contributed by atoms with Gasteiger partial charge in [0.1, 0.15) is 17.3 Å². The van der Waals surface area contributed by atoms with Gasteiger partial charge in [-0.15, -0.1) is 0 Å². The van der Waals surface area contributed by atoms with E-state index in [1.807, 2.05) is 0 Å². The van der Waals surface area contributed by atoms with E-state index < -0.39 is 17.5 Å². The van der Waals surface area contributed by atoms with Crippen LogP contribution in [0, 0.1) is 17.6 Å². The molecule has 1 amide bonds. The van der Waals surface area contributed by atoms with Crippen molar-refractivity contribution >= 4 is 5.91 Å². The van der Waals surface area contributed by atoms with Crippen molar-refractivity contribution in [2.75, 3.05) is 19.7 Å². The Balaban J connectivity index is 1.69. The number of halogens is 2. The topological polar surface area (TPSA) is 68.5 Å². The molecule has 0 spiro atoms. The Bertz CT molecular complexity index is 1010. The van der Waals surface area contributed by atoms with Crippen LogP contribution in [0.15, 0.2) is 24.3 Å². The minimum Gasteiger partial charge on any atom is -0.376 e. The SMILES string of the molecule is CC1c2nc(C(N)=O)cc(-c3ccc(F)cc3F)c2CCN1CC1CCOC(C)(C)C1. The lowest BCUT2D eigenvalue weighted by atomic mass is 9.86. The van der Waals surface area contributed by atoms with Gasteiger partial charge in [-0.05, 0) is 75.3 Å². The average Bonchev–Trinajstić information content (AvgIpc) is 2.69. The molecule has 31 heavy (non-hydrogen) atoms. The molecule has 166 valence electrons. The summed E-state index contributed by atoms with van der Waals surface area (Å²) in [5.41, 5.74) is 7.97. The number of primary amides is 1. The van der Waals surface area contributed by atoms with Gasteiger partial charge in [0.2, 0.25) is 0 Å². The molecule has 2 atom stereocenters. The average molecular weight is 430 g/mol. The van der Waals surface area contributed by atoms with Gasteiger partial charge in [-0.1, -0.05) is 0 Å².